The summed E-state index contributed by atoms with van der Waals surface area (Å²) in [5, 5.41) is 0. The highest BCUT2D eigenvalue weighted by molar-refractivity contribution is 5.95. The minimum atomic E-state index is 0.0796. The van der Waals surface area contributed by atoms with Gasteiger partial charge >= 0.3 is 0 Å². The Hall–Kier alpha value is -1.65. The summed E-state index contributed by atoms with van der Waals surface area (Å²) in [7, 11) is 3.64. The van der Waals surface area contributed by atoms with Gasteiger partial charge in [-0.25, -0.2) is 0 Å². The number of hydrogen-bond acceptors (Lipinski definition) is 3. The number of amides is 1. The van der Waals surface area contributed by atoms with Crippen molar-refractivity contribution in [1.82, 2.24) is 4.90 Å². The number of ether oxygens (including phenoxy) is 1. The molecule has 0 atom stereocenters. The molecule has 0 N–H and O–H groups in total. The molecule has 0 aromatic heterocycles. The maximum Gasteiger partial charge on any atom is 0.241 e. The SMILES string of the molecule is C=CCN(C(=O)CN(C)CCCOC)c1ccccc1. The highest BCUT2D eigenvalue weighted by Gasteiger charge is 2.15. The van der Waals surface area contributed by atoms with Gasteiger partial charge in [-0.15, -0.1) is 6.58 Å². The van der Waals surface area contributed by atoms with Crippen LogP contribution in [-0.2, 0) is 9.53 Å². The van der Waals surface area contributed by atoms with E-state index in [1.807, 2.05) is 42.3 Å². The number of nitrogens with zero attached hydrogens (tertiary/aromatic N) is 2. The second-order valence-corrected chi connectivity index (χ2v) is 4.71. The molecule has 20 heavy (non-hydrogen) atoms. The van der Waals surface area contributed by atoms with Crippen molar-refractivity contribution in [1.29, 1.82) is 0 Å². The van der Waals surface area contributed by atoms with Gasteiger partial charge in [0.2, 0.25) is 5.91 Å². The molecule has 1 rings (SSSR count). The van der Waals surface area contributed by atoms with E-state index >= 15 is 0 Å². The monoisotopic (exact) mass is 276 g/mol. The highest BCUT2D eigenvalue weighted by Crippen LogP contribution is 2.13. The lowest BCUT2D eigenvalue weighted by atomic mass is 10.2. The fourth-order valence-corrected chi connectivity index (χ4v) is 1.96. The van der Waals surface area contributed by atoms with Crippen molar-refractivity contribution in [2.75, 3.05) is 45.3 Å². The second-order valence-electron chi connectivity index (χ2n) is 4.71. The van der Waals surface area contributed by atoms with Crippen molar-refractivity contribution in [3.63, 3.8) is 0 Å². The minimum absolute atomic E-state index is 0.0796. The lowest BCUT2D eigenvalue weighted by molar-refractivity contribution is -0.119. The van der Waals surface area contributed by atoms with Crippen LogP contribution >= 0.6 is 0 Å². The summed E-state index contributed by atoms with van der Waals surface area (Å²) in [6, 6.07) is 9.68. The molecule has 0 aliphatic heterocycles. The van der Waals surface area contributed by atoms with Crippen LogP contribution in [0.3, 0.4) is 0 Å². The van der Waals surface area contributed by atoms with Crippen molar-refractivity contribution >= 4 is 11.6 Å². The molecule has 0 fully saturated rings. The molecule has 4 nitrogen and oxygen atoms in total. The molecule has 0 aliphatic carbocycles. The number of likely N-dealkylation sites (N-methyl/N-ethyl adjacent to an activating group) is 1. The van der Waals surface area contributed by atoms with Crippen LogP contribution in [0.4, 0.5) is 5.69 Å². The number of carbonyl (C=O) groups excluding carboxylic acids is 1. The zero-order chi connectivity index (χ0) is 14.8. The lowest BCUT2D eigenvalue weighted by Gasteiger charge is -2.24. The second kappa shape index (κ2) is 9.28. The largest absolute Gasteiger partial charge is 0.385 e. The van der Waals surface area contributed by atoms with Crippen LogP contribution in [0.15, 0.2) is 43.0 Å². The van der Waals surface area contributed by atoms with E-state index < -0.39 is 0 Å². The first-order chi connectivity index (χ1) is 9.69. The fourth-order valence-electron chi connectivity index (χ4n) is 1.96. The van der Waals surface area contributed by atoms with E-state index in [2.05, 4.69) is 6.58 Å². The Morgan fingerprint density at radius 3 is 2.65 bits per heavy atom. The third-order valence-electron chi connectivity index (χ3n) is 2.97. The maximum atomic E-state index is 12.4. The third-order valence-corrected chi connectivity index (χ3v) is 2.97. The molecular weight excluding hydrogens is 252 g/mol. The molecule has 0 bridgehead atoms. The number of anilines is 1. The van der Waals surface area contributed by atoms with Crippen molar-refractivity contribution in [2.24, 2.45) is 0 Å². The van der Waals surface area contributed by atoms with Crippen LogP contribution < -0.4 is 4.90 Å². The molecule has 0 aliphatic rings. The van der Waals surface area contributed by atoms with Crippen molar-refractivity contribution in [2.45, 2.75) is 6.42 Å². The van der Waals surface area contributed by atoms with Crippen LogP contribution in [0, 0.1) is 0 Å². The lowest BCUT2D eigenvalue weighted by Crippen LogP contribution is -2.39. The Bertz CT molecular complexity index is 406. The molecule has 1 aromatic rings. The van der Waals surface area contributed by atoms with Gasteiger partial charge in [0.1, 0.15) is 0 Å². The van der Waals surface area contributed by atoms with Gasteiger partial charge in [-0.05, 0) is 25.6 Å². The normalized spacial score (nSPS) is 10.6. The predicted octanol–water partition coefficient (Wildman–Crippen LogP) is 2.17. The third kappa shape index (κ3) is 5.55. The number of carbonyl (C=O) groups is 1. The summed E-state index contributed by atoms with van der Waals surface area (Å²) in [6.45, 7) is 6.20. The molecule has 0 unspecified atom stereocenters. The molecule has 0 radical (unpaired) electrons. The number of hydrogen-bond donors (Lipinski definition) is 0. The number of rotatable bonds is 9. The summed E-state index contributed by atoms with van der Waals surface area (Å²) in [5.74, 6) is 0.0796. The summed E-state index contributed by atoms with van der Waals surface area (Å²) in [6.07, 6.45) is 2.67. The first-order valence-corrected chi connectivity index (χ1v) is 6.82. The van der Waals surface area contributed by atoms with Crippen LogP contribution in [-0.4, -0.2) is 51.2 Å². The van der Waals surface area contributed by atoms with Gasteiger partial charge in [-0.1, -0.05) is 24.3 Å². The van der Waals surface area contributed by atoms with Gasteiger partial charge in [-0.2, -0.15) is 0 Å². The van der Waals surface area contributed by atoms with Crippen LogP contribution in [0.25, 0.3) is 0 Å². The average Bonchev–Trinajstić information content (AvgIpc) is 2.45. The highest BCUT2D eigenvalue weighted by atomic mass is 16.5. The Kier molecular flexibility index (Phi) is 7.62. The molecule has 4 heteroatoms. The summed E-state index contributed by atoms with van der Waals surface area (Å²) in [5.41, 5.74) is 0.905. The number of methoxy groups -OCH3 is 1. The van der Waals surface area contributed by atoms with E-state index in [0.717, 1.165) is 18.7 Å². The molecule has 0 spiro atoms. The topological polar surface area (TPSA) is 32.8 Å². The molecule has 0 heterocycles. The Labute approximate surface area is 121 Å². The molecule has 110 valence electrons. The van der Waals surface area contributed by atoms with Gasteiger partial charge in [-0.3, -0.25) is 9.69 Å². The standard InChI is InChI=1S/C16H24N2O2/c1-4-11-18(15-9-6-5-7-10-15)16(19)14-17(2)12-8-13-20-3/h4-7,9-10H,1,8,11-14H2,2-3H3. The molecular formula is C16H24N2O2. The Morgan fingerprint density at radius 2 is 2.05 bits per heavy atom. The first kappa shape index (κ1) is 16.4. The zero-order valence-electron chi connectivity index (χ0n) is 12.4. The molecule has 0 saturated carbocycles. The number of benzene rings is 1. The Morgan fingerprint density at radius 1 is 1.35 bits per heavy atom. The van der Waals surface area contributed by atoms with E-state index in [1.165, 1.54) is 0 Å². The summed E-state index contributed by atoms with van der Waals surface area (Å²) < 4.78 is 5.02. The van der Waals surface area contributed by atoms with Gasteiger partial charge in [0.05, 0.1) is 6.54 Å². The predicted molar refractivity (Wildman–Crippen MR) is 83.0 cm³/mol. The van der Waals surface area contributed by atoms with Gasteiger partial charge < -0.3 is 9.64 Å². The molecule has 1 amide bonds. The van der Waals surface area contributed by atoms with Crippen molar-refractivity contribution in [3.05, 3.63) is 43.0 Å². The van der Waals surface area contributed by atoms with Gasteiger partial charge in [0, 0.05) is 32.5 Å². The fraction of sp³-hybridized carbons (Fsp3) is 0.438. The zero-order valence-corrected chi connectivity index (χ0v) is 12.4. The van der Waals surface area contributed by atoms with E-state index in [-0.39, 0.29) is 5.91 Å². The van der Waals surface area contributed by atoms with E-state index in [4.69, 9.17) is 4.74 Å². The van der Waals surface area contributed by atoms with Crippen LogP contribution in [0.2, 0.25) is 0 Å². The first-order valence-electron chi connectivity index (χ1n) is 6.82. The smallest absolute Gasteiger partial charge is 0.241 e. The number of para-hydroxylation sites is 1. The van der Waals surface area contributed by atoms with Crippen LogP contribution in [0.1, 0.15) is 6.42 Å². The summed E-state index contributed by atoms with van der Waals surface area (Å²) >= 11 is 0. The molecule has 1 aromatic carbocycles. The molecule has 0 saturated heterocycles. The van der Waals surface area contributed by atoms with Crippen molar-refractivity contribution in [3.8, 4) is 0 Å². The van der Waals surface area contributed by atoms with E-state index in [9.17, 15) is 4.79 Å². The van der Waals surface area contributed by atoms with Crippen molar-refractivity contribution < 1.29 is 9.53 Å². The minimum Gasteiger partial charge on any atom is -0.385 e. The summed E-state index contributed by atoms with van der Waals surface area (Å²) in [4.78, 5) is 16.1. The maximum absolute atomic E-state index is 12.4. The van der Waals surface area contributed by atoms with Gasteiger partial charge in [0.25, 0.3) is 0 Å². The average molecular weight is 276 g/mol. The van der Waals surface area contributed by atoms with E-state index in [0.29, 0.717) is 19.7 Å². The van der Waals surface area contributed by atoms with E-state index in [1.54, 1.807) is 18.1 Å². The van der Waals surface area contributed by atoms with Crippen LogP contribution in [0.5, 0.6) is 0 Å². The van der Waals surface area contributed by atoms with Gasteiger partial charge in [0.15, 0.2) is 0 Å². The Balaban J connectivity index is 2.58. The quantitative estimate of drug-likeness (QED) is 0.512.